The lowest BCUT2D eigenvalue weighted by molar-refractivity contribution is -0.119. The normalized spacial score (nSPS) is 10.4. The average molecular weight is 288 g/mol. The van der Waals surface area contributed by atoms with Crippen molar-refractivity contribution >= 4 is 29.4 Å². The molecule has 0 heterocycles. The molecule has 102 valence electrons. The van der Waals surface area contributed by atoms with Crippen LogP contribution in [0, 0.1) is 0 Å². The van der Waals surface area contributed by atoms with Crippen LogP contribution in [0.4, 0.5) is 5.69 Å². The Hall–Kier alpha value is -2.33. The third-order valence-corrected chi connectivity index (χ3v) is 2.85. The summed E-state index contributed by atoms with van der Waals surface area (Å²) in [6.07, 6.45) is 1.59. The molecule has 0 unspecified atom stereocenters. The molecule has 5 heteroatoms. The predicted octanol–water partition coefficient (Wildman–Crippen LogP) is 2.90. The molecule has 0 spiro atoms. The first kappa shape index (κ1) is 14.1. The Morgan fingerprint density at radius 2 is 1.80 bits per heavy atom. The molecule has 2 aromatic carbocycles. The van der Waals surface area contributed by atoms with Gasteiger partial charge >= 0.3 is 0 Å². The summed E-state index contributed by atoms with van der Waals surface area (Å²) in [6.45, 7) is 0.107. The quantitative estimate of drug-likeness (QED) is 0.656. The molecule has 0 aliphatic heterocycles. The third-order valence-electron chi connectivity index (χ3n) is 2.52. The zero-order chi connectivity index (χ0) is 14.2. The van der Waals surface area contributed by atoms with Crippen molar-refractivity contribution in [1.29, 1.82) is 0 Å². The minimum Gasteiger partial charge on any atom is -0.375 e. The summed E-state index contributed by atoms with van der Waals surface area (Å²) in [5, 5.41) is 7.40. The first-order valence-corrected chi connectivity index (χ1v) is 6.49. The molecule has 0 saturated carbocycles. The summed E-state index contributed by atoms with van der Waals surface area (Å²) in [5.74, 6) is -0.239. The second-order valence-corrected chi connectivity index (χ2v) is 4.44. The SMILES string of the molecule is O=C(CNc1ccccc1Cl)NN=Cc1ccccc1. The molecule has 0 aliphatic carbocycles. The van der Waals surface area contributed by atoms with Crippen LogP contribution in [0.2, 0.25) is 5.02 Å². The average Bonchev–Trinajstić information content (AvgIpc) is 2.47. The Morgan fingerprint density at radius 3 is 2.55 bits per heavy atom. The van der Waals surface area contributed by atoms with E-state index in [4.69, 9.17) is 11.6 Å². The van der Waals surface area contributed by atoms with Crippen molar-refractivity contribution in [3.05, 3.63) is 65.2 Å². The standard InChI is InChI=1S/C15H14ClN3O/c16-13-8-4-5-9-14(13)17-11-15(20)19-18-10-12-6-2-1-3-7-12/h1-10,17H,11H2,(H,19,20). The first-order chi connectivity index (χ1) is 9.75. The van der Waals surface area contributed by atoms with E-state index >= 15 is 0 Å². The van der Waals surface area contributed by atoms with Gasteiger partial charge in [-0.15, -0.1) is 0 Å². The number of hydrogen-bond acceptors (Lipinski definition) is 3. The highest BCUT2D eigenvalue weighted by Gasteiger charge is 2.01. The monoisotopic (exact) mass is 287 g/mol. The van der Waals surface area contributed by atoms with E-state index in [1.807, 2.05) is 48.5 Å². The van der Waals surface area contributed by atoms with E-state index in [0.717, 1.165) is 11.3 Å². The highest BCUT2D eigenvalue weighted by atomic mass is 35.5. The lowest BCUT2D eigenvalue weighted by Crippen LogP contribution is -2.25. The van der Waals surface area contributed by atoms with Crippen LogP contribution in [0.1, 0.15) is 5.56 Å². The maximum atomic E-state index is 11.6. The fourth-order valence-electron chi connectivity index (χ4n) is 1.54. The van der Waals surface area contributed by atoms with Crippen LogP contribution in [0.25, 0.3) is 0 Å². The number of para-hydroxylation sites is 1. The zero-order valence-corrected chi connectivity index (χ0v) is 11.5. The van der Waals surface area contributed by atoms with Crippen molar-refractivity contribution in [1.82, 2.24) is 5.43 Å². The number of halogens is 1. The Kier molecular flexibility index (Phi) is 5.15. The van der Waals surface area contributed by atoms with Crippen LogP contribution >= 0.6 is 11.6 Å². The largest absolute Gasteiger partial charge is 0.375 e. The lowest BCUT2D eigenvalue weighted by atomic mass is 10.2. The van der Waals surface area contributed by atoms with E-state index in [-0.39, 0.29) is 12.5 Å². The second-order valence-electron chi connectivity index (χ2n) is 4.04. The minimum atomic E-state index is -0.239. The number of amides is 1. The molecule has 4 nitrogen and oxygen atoms in total. The minimum absolute atomic E-state index is 0.107. The number of nitrogens with zero attached hydrogens (tertiary/aromatic N) is 1. The Balaban J connectivity index is 1.79. The highest BCUT2D eigenvalue weighted by Crippen LogP contribution is 2.19. The maximum Gasteiger partial charge on any atom is 0.259 e. The first-order valence-electron chi connectivity index (χ1n) is 6.11. The van der Waals surface area contributed by atoms with Crippen molar-refractivity contribution < 1.29 is 4.79 Å². The number of carbonyl (C=O) groups excluding carboxylic acids is 1. The molecule has 2 N–H and O–H groups in total. The summed E-state index contributed by atoms with van der Waals surface area (Å²) in [4.78, 5) is 11.6. The molecule has 0 aliphatic rings. The number of carbonyl (C=O) groups is 1. The molecule has 0 fully saturated rings. The summed E-state index contributed by atoms with van der Waals surface area (Å²) in [6, 6.07) is 16.8. The van der Waals surface area contributed by atoms with Crippen LogP contribution in [0.3, 0.4) is 0 Å². The number of hydrazone groups is 1. The van der Waals surface area contributed by atoms with E-state index in [1.165, 1.54) is 0 Å². The van der Waals surface area contributed by atoms with Crippen molar-refractivity contribution in [3.8, 4) is 0 Å². The molecular weight excluding hydrogens is 274 g/mol. The topological polar surface area (TPSA) is 53.5 Å². The van der Waals surface area contributed by atoms with E-state index in [0.29, 0.717) is 5.02 Å². The van der Waals surface area contributed by atoms with Gasteiger partial charge in [0.05, 0.1) is 23.5 Å². The van der Waals surface area contributed by atoms with Gasteiger partial charge in [-0.25, -0.2) is 5.43 Å². The summed E-state index contributed by atoms with van der Waals surface area (Å²) in [5.41, 5.74) is 4.09. The Labute approximate surface area is 122 Å². The van der Waals surface area contributed by atoms with Gasteiger partial charge in [-0.3, -0.25) is 4.79 Å². The number of hydrogen-bond donors (Lipinski definition) is 2. The van der Waals surface area contributed by atoms with Crippen molar-refractivity contribution in [2.75, 3.05) is 11.9 Å². The van der Waals surface area contributed by atoms with Crippen molar-refractivity contribution in [3.63, 3.8) is 0 Å². The number of nitrogens with one attached hydrogen (secondary N) is 2. The number of rotatable bonds is 5. The van der Waals surface area contributed by atoms with E-state index in [2.05, 4.69) is 15.8 Å². The van der Waals surface area contributed by atoms with Gasteiger partial charge in [-0.05, 0) is 17.7 Å². The van der Waals surface area contributed by atoms with Crippen molar-refractivity contribution in [2.24, 2.45) is 5.10 Å². The van der Waals surface area contributed by atoms with Gasteiger partial charge in [0, 0.05) is 0 Å². The van der Waals surface area contributed by atoms with Crippen LogP contribution < -0.4 is 10.7 Å². The molecule has 0 radical (unpaired) electrons. The fraction of sp³-hybridized carbons (Fsp3) is 0.0667. The van der Waals surface area contributed by atoms with Gasteiger partial charge in [0.15, 0.2) is 0 Å². The molecule has 0 bridgehead atoms. The smallest absolute Gasteiger partial charge is 0.259 e. The van der Waals surface area contributed by atoms with Crippen LogP contribution in [0.15, 0.2) is 59.7 Å². The number of anilines is 1. The third kappa shape index (κ3) is 4.40. The molecule has 1 amide bonds. The molecule has 0 saturated heterocycles. The number of benzene rings is 2. The second kappa shape index (κ2) is 7.31. The van der Waals surface area contributed by atoms with Crippen molar-refractivity contribution in [2.45, 2.75) is 0 Å². The van der Waals surface area contributed by atoms with Gasteiger partial charge in [0.2, 0.25) is 0 Å². The predicted molar refractivity (Wildman–Crippen MR) is 82.1 cm³/mol. The van der Waals surface area contributed by atoms with Gasteiger partial charge in [-0.1, -0.05) is 54.1 Å². The molecule has 0 atom stereocenters. The van der Waals surface area contributed by atoms with Crippen LogP contribution in [-0.2, 0) is 4.79 Å². The highest BCUT2D eigenvalue weighted by molar-refractivity contribution is 6.33. The van der Waals surface area contributed by atoms with E-state index in [1.54, 1.807) is 12.3 Å². The maximum absolute atomic E-state index is 11.6. The van der Waals surface area contributed by atoms with E-state index < -0.39 is 0 Å². The Bertz CT molecular complexity index is 599. The van der Waals surface area contributed by atoms with Gasteiger partial charge in [-0.2, -0.15) is 5.10 Å². The molecule has 20 heavy (non-hydrogen) atoms. The fourth-order valence-corrected chi connectivity index (χ4v) is 1.74. The lowest BCUT2D eigenvalue weighted by Gasteiger charge is -2.06. The molecular formula is C15H14ClN3O. The Morgan fingerprint density at radius 1 is 1.10 bits per heavy atom. The van der Waals surface area contributed by atoms with Gasteiger partial charge < -0.3 is 5.32 Å². The molecule has 2 rings (SSSR count). The summed E-state index contributed by atoms with van der Waals surface area (Å²) >= 11 is 5.97. The zero-order valence-electron chi connectivity index (χ0n) is 10.7. The van der Waals surface area contributed by atoms with E-state index in [9.17, 15) is 4.79 Å². The summed E-state index contributed by atoms with van der Waals surface area (Å²) in [7, 11) is 0. The van der Waals surface area contributed by atoms with Crippen LogP contribution in [-0.4, -0.2) is 18.7 Å². The van der Waals surface area contributed by atoms with Gasteiger partial charge in [0.1, 0.15) is 0 Å². The van der Waals surface area contributed by atoms with Gasteiger partial charge in [0.25, 0.3) is 5.91 Å². The van der Waals surface area contributed by atoms with Crippen LogP contribution in [0.5, 0.6) is 0 Å². The summed E-state index contributed by atoms with van der Waals surface area (Å²) < 4.78 is 0. The molecule has 0 aromatic heterocycles. The molecule has 2 aromatic rings.